The Hall–Kier alpha value is -3.74. The number of carbonyl (C=O) groups excluding carboxylic acids is 3. The maximum absolute atomic E-state index is 12.7. The number of aromatic nitrogens is 4. The lowest BCUT2D eigenvalue weighted by atomic mass is 9.87. The average molecular weight is 1160 g/mol. The minimum absolute atomic E-state index is 0.0203. The molecule has 28 heteroatoms. The fourth-order valence-electron chi connectivity index (χ4n) is 7.41. The van der Waals surface area contributed by atoms with Gasteiger partial charge in [-0.1, -0.05) is 132 Å². The zero-order valence-electron chi connectivity index (χ0n) is 44.0. The lowest BCUT2D eigenvalue weighted by Crippen LogP contribution is -2.46. The molecule has 1 aliphatic rings. The van der Waals surface area contributed by atoms with Crippen LogP contribution in [-0.4, -0.2) is 103 Å². The van der Waals surface area contributed by atoms with Crippen LogP contribution in [0.3, 0.4) is 0 Å². The van der Waals surface area contributed by atoms with Crippen LogP contribution >= 0.6 is 35.2 Å². The van der Waals surface area contributed by atoms with Crippen molar-refractivity contribution >= 4 is 69.1 Å². The van der Waals surface area contributed by atoms with Gasteiger partial charge in [0.15, 0.2) is 22.8 Å². The number of carbonyl (C=O) groups is 3. The van der Waals surface area contributed by atoms with Crippen LogP contribution in [0.5, 0.6) is 0 Å². The van der Waals surface area contributed by atoms with Crippen LogP contribution in [-0.2, 0) is 50.7 Å². The fourth-order valence-corrected chi connectivity index (χ4v) is 10.9. The molecular weight excluding hydrogens is 1080 g/mol. The van der Waals surface area contributed by atoms with E-state index in [0.29, 0.717) is 12.2 Å². The molecule has 434 valence electrons. The van der Waals surface area contributed by atoms with E-state index in [9.17, 15) is 57.9 Å². The van der Waals surface area contributed by atoms with E-state index in [4.69, 9.17) is 10.5 Å². The number of nitrogens with zero attached hydrogens (tertiary/aromatic N) is 4. The Bertz CT molecular complexity index is 2420. The van der Waals surface area contributed by atoms with Gasteiger partial charge in [0.25, 0.3) is 15.6 Å². The number of imidazole rings is 1. The lowest BCUT2D eigenvalue weighted by molar-refractivity contribution is -0.347. The molecule has 0 saturated carbocycles. The molecule has 1 aliphatic heterocycles. The summed E-state index contributed by atoms with van der Waals surface area (Å²) in [5, 5.41) is 26.5. The highest BCUT2D eigenvalue weighted by molar-refractivity contribution is 8.13. The van der Waals surface area contributed by atoms with E-state index in [-0.39, 0.29) is 41.6 Å². The van der Waals surface area contributed by atoms with Crippen LogP contribution in [0, 0.1) is 5.41 Å². The molecule has 1 fully saturated rings. The Balaban J connectivity index is 1.21. The lowest BCUT2D eigenvalue weighted by Gasteiger charge is -2.36. The van der Waals surface area contributed by atoms with Gasteiger partial charge >= 0.3 is 0 Å². The number of phosphoric ester groups is 3. The number of allylic oxidation sites excluding steroid dienone is 10. The minimum Gasteiger partial charge on any atom is -0.790 e. The molecule has 0 aliphatic carbocycles. The van der Waals surface area contributed by atoms with Gasteiger partial charge in [-0.2, -0.15) is 0 Å². The monoisotopic (exact) mass is 1160 g/mol. The Morgan fingerprint density at radius 3 is 1.99 bits per heavy atom. The number of nitrogens with one attached hydrogen (secondary N) is 2. The van der Waals surface area contributed by atoms with Crippen LogP contribution in [0.15, 0.2) is 73.4 Å². The first-order chi connectivity index (χ1) is 36.6. The molecule has 3 rings (SSSR count). The second-order valence-electron chi connectivity index (χ2n) is 18.7. The van der Waals surface area contributed by atoms with Crippen LogP contribution in [0.4, 0.5) is 5.82 Å². The summed E-state index contributed by atoms with van der Waals surface area (Å²) in [6.07, 6.45) is 31.3. The molecule has 3 heterocycles. The number of nitrogens with two attached hydrogens (primary N) is 1. The number of rotatable bonds is 40. The van der Waals surface area contributed by atoms with Crippen molar-refractivity contribution < 1.29 is 80.5 Å². The van der Waals surface area contributed by atoms with Gasteiger partial charge in [0.2, 0.25) is 11.8 Å². The number of amides is 2. The SMILES string of the molecule is CCCCC/C=C\C/C=C\C/C=C\C/C=C\C/C=C\CCCCCCCCC(=O)SCCNC(=O)CCNC(=O)[C@H](O)C(C)(C)COP(=O)([O-])OP(=O)([O-])OC[C@H]1O[C@@H](n2cnc3c(N)ncnc32)[C@H](O)[C@@H]1OP(=O)([O-])[O-]. The number of anilines is 1. The number of unbranched alkanes of at least 4 members (excludes halogenated alkanes) is 9. The Morgan fingerprint density at radius 1 is 0.805 bits per heavy atom. The van der Waals surface area contributed by atoms with Gasteiger partial charge < -0.3 is 69.0 Å². The summed E-state index contributed by atoms with van der Waals surface area (Å²) in [5.74, 6) is -1.16. The molecule has 0 radical (unpaired) electrons. The molecule has 2 aromatic heterocycles. The number of nitrogen functional groups attached to an aromatic ring is 1. The Labute approximate surface area is 455 Å². The molecule has 77 heavy (non-hydrogen) atoms. The summed E-state index contributed by atoms with van der Waals surface area (Å²) in [7, 11) is -17.6. The molecule has 2 amide bonds. The van der Waals surface area contributed by atoms with E-state index < -0.39 is 84.6 Å². The van der Waals surface area contributed by atoms with E-state index in [1.54, 1.807) is 0 Å². The Kier molecular flexibility index (Phi) is 31.4. The largest absolute Gasteiger partial charge is 0.790 e. The molecule has 24 nitrogen and oxygen atoms in total. The number of fused-ring (bicyclic) bond motifs is 1. The number of hydrogen-bond acceptors (Lipinski definition) is 22. The number of hydrogen-bond donors (Lipinski definition) is 5. The zero-order valence-corrected chi connectivity index (χ0v) is 47.5. The summed E-state index contributed by atoms with van der Waals surface area (Å²) in [6.45, 7) is 2.37. The summed E-state index contributed by atoms with van der Waals surface area (Å²) >= 11 is 1.13. The van der Waals surface area contributed by atoms with Crippen molar-refractivity contribution in [2.75, 3.05) is 37.8 Å². The van der Waals surface area contributed by atoms with E-state index in [1.807, 2.05) is 0 Å². The summed E-state index contributed by atoms with van der Waals surface area (Å²) in [4.78, 5) is 97.1. The number of phosphoric acid groups is 3. The smallest absolute Gasteiger partial charge is 0.274 e. The molecule has 7 atom stereocenters. The molecular formula is C49H76N7O17P3S-4. The predicted octanol–water partition coefficient (Wildman–Crippen LogP) is 5.18. The van der Waals surface area contributed by atoms with Gasteiger partial charge in [-0.25, -0.2) is 19.3 Å². The highest BCUT2D eigenvalue weighted by Gasteiger charge is 2.47. The van der Waals surface area contributed by atoms with Gasteiger partial charge in [0.05, 0.1) is 27.4 Å². The van der Waals surface area contributed by atoms with E-state index in [2.05, 4.69) is 111 Å². The highest BCUT2D eigenvalue weighted by Crippen LogP contribution is 2.56. The topological polar surface area (TPSA) is 375 Å². The van der Waals surface area contributed by atoms with Gasteiger partial charge in [-0.05, 0) is 57.8 Å². The Morgan fingerprint density at radius 2 is 1.38 bits per heavy atom. The number of aliphatic hydroxyl groups is 2. The summed E-state index contributed by atoms with van der Waals surface area (Å²) in [6, 6.07) is 0. The summed E-state index contributed by atoms with van der Waals surface area (Å²) < 4.78 is 60.9. The first-order valence-electron chi connectivity index (χ1n) is 25.8. The second-order valence-corrected chi connectivity index (χ2v) is 23.9. The van der Waals surface area contributed by atoms with Crippen molar-refractivity contribution in [1.82, 2.24) is 30.2 Å². The number of aliphatic hydroxyl groups excluding tert-OH is 2. The normalized spacial score (nSPS) is 19.5. The summed E-state index contributed by atoms with van der Waals surface area (Å²) in [5.41, 5.74) is 4.09. The maximum Gasteiger partial charge on any atom is 0.274 e. The molecule has 0 spiro atoms. The van der Waals surface area contributed by atoms with Gasteiger partial charge in [0.1, 0.15) is 36.3 Å². The van der Waals surface area contributed by atoms with Gasteiger partial charge in [-0.15, -0.1) is 0 Å². The van der Waals surface area contributed by atoms with Crippen molar-refractivity contribution in [2.24, 2.45) is 5.41 Å². The van der Waals surface area contributed by atoms with Crippen LogP contribution in [0.2, 0.25) is 0 Å². The van der Waals surface area contributed by atoms with Gasteiger partial charge in [0, 0.05) is 37.1 Å². The molecule has 6 N–H and O–H groups in total. The zero-order chi connectivity index (χ0) is 56.7. The number of thioether (sulfide) groups is 1. The molecule has 0 bridgehead atoms. The van der Waals surface area contributed by atoms with E-state index >= 15 is 0 Å². The third-order valence-electron chi connectivity index (χ3n) is 11.6. The van der Waals surface area contributed by atoms with Crippen molar-refractivity contribution in [3.63, 3.8) is 0 Å². The average Bonchev–Trinajstić information content (AvgIpc) is 3.96. The van der Waals surface area contributed by atoms with Crippen molar-refractivity contribution in [2.45, 2.75) is 161 Å². The van der Waals surface area contributed by atoms with Crippen LogP contribution in [0.1, 0.15) is 136 Å². The molecule has 2 unspecified atom stereocenters. The first-order valence-corrected chi connectivity index (χ1v) is 31.1. The molecule has 0 aromatic carbocycles. The van der Waals surface area contributed by atoms with Crippen LogP contribution in [0.25, 0.3) is 11.2 Å². The second kappa shape index (κ2) is 35.8. The number of ether oxygens (including phenoxy) is 1. The quantitative estimate of drug-likeness (QED) is 0.0326. The molecule has 2 aromatic rings. The molecule has 1 saturated heterocycles. The minimum atomic E-state index is -5.93. The maximum atomic E-state index is 12.7. The van der Waals surface area contributed by atoms with Gasteiger partial charge in [-0.3, -0.25) is 28.1 Å². The standard InChI is InChI=1S/C49H80N7O17P3S/c1-4-5-6-7-8-9-10-11-12-13-14-15-16-17-18-19-20-21-22-23-24-25-26-27-28-29-40(58)77-33-32-51-39(57)30-31-52-47(61)44(60)49(2,3)35-70-76(67,68)73-75(65,66)69-34-38-43(72-74(62,63)64)42(59)48(71-38)56-37-55-41-45(50)53-36-54-46(41)56/h8-9,11-12,14-15,17-18,20-21,36-38,42-44,48,59-60H,4-7,10,13,16,19,22-35H2,1-3H3,(H,51,57)(H,52,61)(H,65,66)(H,67,68)(H2,50,53,54)(H2,62,63,64)/p-4/b9-8-,12-11-,15-14-,18-17-,21-20-/t38-,42-,43-,44+,48-/m1/s1. The van der Waals surface area contributed by atoms with Crippen LogP contribution < -0.4 is 35.9 Å². The van der Waals surface area contributed by atoms with E-state index in [1.165, 1.54) is 39.5 Å². The van der Waals surface area contributed by atoms with E-state index in [0.717, 1.165) is 99.6 Å². The third-order valence-corrected chi connectivity index (χ3v) is 15.6. The fraction of sp³-hybridized carbons (Fsp3) is 0.633. The van der Waals surface area contributed by atoms with Crippen molar-refractivity contribution in [3.8, 4) is 0 Å². The van der Waals surface area contributed by atoms with Crippen molar-refractivity contribution in [3.05, 3.63) is 73.4 Å². The predicted molar refractivity (Wildman–Crippen MR) is 283 cm³/mol. The first kappa shape index (κ1) is 67.5. The van der Waals surface area contributed by atoms with Crippen molar-refractivity contribution in [1.29, 1.82) is 0 Å². The highest BCUT2D eigenvalue weighted by atomic mass is 32.2. The third kappa shape index (κ3) is 27.8.